The van der Waals surface area contributed by atoms with Gasteiger partial charge in [0, 0.05) is 20.2 Å². The number of ether oxygens (including phenoxy) is 1. The second-order valence-corrected chi connectivity index (χ2v) is 6.04. The first kappa shape index (κ1) is 12.8. The smallest absolute Gasteiger partial charge is 0.242 e. The molecular formula is C13H24N2O2. The van der Waals surface area contributed by atoms with Gasteiger partial charge in [0.25, 0.3) is 0 Å². The molecule has 4 heteroatoms. The summed E-state index contributed by atoms with van der Waals surface area (Å²) in [7, 11) is 1.72. The van der Waals surface area contributed by atoms with Crippen molar-refractivity contribution in [2.24, 2.45) is 11.7 Å². The summed E-state index contributed by atoms with van der Waals surface area (Å²) in [5.41, 5.74) is 5.32. The Labute approximate surface area is 103 Å². The van der Waals surface area contributed by atoms with Gasteiger partial charge in [-0.15, -0.1) is 0 Å². The molecule has 1 amide bonds. The Balaban J connectivity index is 2.04. The minimum atomic E-state index is -0.675. The summed E-state index contributed by atoms with van der Waals surface area (Å²) in [4.78, 5) is 14.3. The third-order valence-electron chi connectivity index (χ3n) is 4.33. The molecule has 2 atom stereocenters. The number of rotatable bonds is 3. The van der Waals surface area contributed by atoms with Gasteiger partial charge in [-0.1, -0.05) is 0 Å². The van der Waals surface area contributed by atoms with Crippen LogP contribution in [-0.2, 0) is 9.53 Å². The zero-order valence-corrected chi connectivity index (χ0v) is 11.2. The molecule has 17 heavy (non-hydrogen) atoms. The van der Waals surface area contributed by atoms with Crippen molar-refractivity contribution in [1.29, 1.82) is 0 Å². The lowest BCUT2D eigenvalue weighted by Gasteiger charge is -2.42. The van der Waals surface area contributed by atoms with Gasteiger partial charge in [0.2, 0.25) is 5.91 Å². The van der Waals surface area contributed by atoms with E-state index in [9.17, 15) is 4.79 Å². The number of methoxy groups -OCH3 is 1. The number of amides is 1. The Morgan fingerprint density at radius 3 is 2.71 bits per heavy atom. The van der Waals surface area contributed by atoms with Crippen molar-refractivity contribution >= 4 is 5.91 Å². The molecule has 2 N–H and O–H groups in total. The Morgan fingerprint density at radius 2 is 2.18 bits per heavy atom. The number of carbonyl (C=O) groups excluding carboxylic acids is 1. The zero-order chi connectivity index (χ0) is 12.7. The fraction of sp³-hybridized carbons (Fsp3) is 0.923. The van der Waals surface area contributed by atoms with Crippen molar-refractivity contribution in [3.8, 4) is 0 Å². The summed E-state index contributed by atoms with van der Waals surface area (Å²) in [5, 5.41) is 0. The molecule has 1 aliphatic heterocycles. The Bertz CT molecular complexity index is 313. The first-order valence-corrected chi connectivity index (χ1v) is 6.52. The van der Waals surface area contributed by atoms with Crippen molar-refractivity contribution in [3.05, 3.63) is 0 Å². The summed E-state index contributed by atoms with van der Waals surface area (Å²) in [6.07, 6.45) is 4.19. The molecule has 0 aromatic heterocycles. The Kier molecular flexibility index (Phi) is 3.21. The van der Waals surface area contributed by atoms with Gasteiger partial charge >= 0.3 is 0 Å². The van der Waals surface area contributed by atoms with E-state index in [1.54, 1.807) is 7.11 Å². The monoisotopic (exact) mass is 240 g/mol. The van der Waals surface area contributed by atoms with Crippen LogP contribution >= 0.6 is 0 Å². The average Bonchev–Trinajstić information content (AvgIpc) is 3.12. The highest BCUT2D eigenvalue weighted by atomic mass is 16.5. The van der Waals surface area contributed by atoms with E-state index >= 15 is 0 Å². The molecule has 1 aliphatic carbocycles. The SMILES string of the molecule is COC1(C)CCCN(C(=O)C(C)(N)C2CC2)C1. The molecular weight excluding hydrogens is 216 g/mol. The summed E-state index contributed by atoms with van der Waals surface area (Å²) in [6, 6.07) is 0. The predicted molar refractivity (Wildman–Crippen MR) is 66.5 cm³/mol. The Hall–Kier alpha value is -0.610. The van der Waals surface area contributed by atoms with Crippen LogP contribution in [0.3, 0.4) is 0 Å². The number of likely N-dealkylation sites (tertiary alicyclic amines) is 1. The highest BCUT2D eigenvalue weighted by Gasteiger charge is 2.47. The molecule has 2 unspecified atom stereocenters. The topological polar surface area (TPSA) is 55.6 Å². The molecule has 0 aromatic rings. The largest absolute Gasteiger partial charge is 0.377 e. The van der Waals surface area contributed by atoms with E-state index in [1.165, 1.54) is 0 Å². The fourth-order valence-electron chi connectivity index (χ4n) is 2.74. The molecule has 2 rings (SSSR count). The molecule has 2 aliphatic rings. The lowest BCUT2D eigenvalue weighted by Crippen LogP contribution is -2.59. The average molecular weight is 240 g/mol. The summed E-state index contributed by atoms with van der Waals surface area (Å²) in [6.45, 7) is 5.43. The highest BCUT2D eigenvalue weighted by Crippen LogP contribution is 2.39. The molecule has 0 spiro atoms. The maximum atomic E-state index is 12.5. The van der Waals surface area contributed by atoms with Gasteiger partial charge in [-0.2, -0.15) is 0 Å². The maximum absolute atomic E-state index is 12.5. The lowest BCUT2D eigenvalue weighted by molar-refractivity contribution is -0.145. The molecule has 2 fully saturated rings. The molecule has 0 aromatic carbocycles. The standard InChI is InChI=1S/C13H24N2O2/c1-12(17-3)7-4-8-15(9-12)11(16)13(2,14)10-5-6-10/h10H,4-9,14H2,1-3H3. The van der Waals surface area contributed by atoms with E-state index in [1.807, 2.05) is 11.8 Å². The molecule has 1 heterocycles. The van der Waals surface area contributed by atoms with Crippen molar-refractivity contribution in [1.82, 2.24) is 4.90 Å². The van der Waals surface area contributed by atoms with E-state index in [2.05, 4.69) is 6.92 Å². The van der Waals surface area contributed by atoms with Crippen LogP contribution < -0.4 is 5.73 Å². The van der Waals surface area contributed by atoms with Crippen LogP contribution in [-0.4, -0.2) is 42.1 Å². The molecule has 4 nitrogen and oxygen atoms in total. The van der Waals surface area contributed by atoms with Gasteiger partial charge in [0.1, 0.15) is 0 Å². The molecule has 1 saturated carbocycles. The minimum absolute atomic E-state index is 0.1000. The van der Waals surface area contributed by atoms with E-state index in [-0.39, 0.29) is 11.5 Å². The number of nitrogens with zero attached hydrogens (tertiary/aromatic N) is 1. The molecule has 0 radical (unpaired) electrons. The second-order valence-electron chi connectivity index (χ2n) is 6.04. The lowest BCUT2D eigenvalue weighted by atomic mass is 9.90. The highest BCUT2D eigenvalue weighted by molar-refractivity contribution is 5.86. The molecule has 1 saturated heterocycles. The minimum Gasteiger partial charge on any atom is -0.377 e. The van der Waals surface area contributed by atoms with E-state index < -0.39 is 5.54 Å². The van der Waals surface area contributed by atoms with Crippen LogP contribution in [0.4, 0.5) is 0 Å². The summed E-state index contributed by atoms with van der Waals surface area (Å²) < 4.78 is 5.51. The first-order chi connectivity index (χ1) is 7.89. The van der Waals surface area contributed by atoms with Crippen molar-refractivity contribution < 1.29 is 9.53 Å². The predicted octanol–water partition coefficient (Wildman–Crippen LogP) is 1.14. The van der Waals surface area contributed by atoms with E-state index in [0.717, 1.165) is 32.2 Å². The van der Waals surface area contributed by atoms with Gasteiger partial charge in [-0.3, -0.25) is 4.79 Å². The number of hydrogen-bond acceptors (Lipinski definition) is 3. The van der Waals surface area contributed by atoms with Gasteiger partial charge < -0.3 is 15.4 Å². The van der Waals surface area contributed by atoms with Crippen molar-refractivity contribution in [3.63, 3.8) is 0 Å². The third-order valence-corrected chi connectivity index (χ3v) is 4.33. The zero-order valence-electron chi connectivity index (χ0n) is 11.2. The molecule has 0 bridgehead atoms. The molecule has 98 valence electrons. The quantitative estimate of drug-likeness (QED) is 0.805. The van der Waals surface area contributed by atoms with Gasteiger partial charge in [-0.25, -0.2) is 0 Å². The van der Waals surface area contributed by atoms with Crippen molar-refractivity contribution in [2.75, 3.05) is 20.2 Å². The number of carbonyl (C=O) groups is 1. The van der Waals surface area contributed by atoms with Crippen LogP contribution in [0.2, 0.25) is 0 Å². The summed E-state index contributed by atoms with van der Waals surface area (Å²) in [5.74, 6) is 0.480. The maximum Gasteiger partial charge on any atom is 0.242 e. The van der Waals surface area contributed by atoms with Crippen LogP contribution in [0.25, 0.3) is 0 Å². The Morgan fingerprint density at radius 1 is 1.53 bits per heavy atom. The van der Waals surface area contributed by atoms with Gasteiger partial charge in [0.15, 0.2) is 0 Å². The number of hydrogen-bond donors (Lipinski definition) is 1. The van der Waals surface area contributed by atoms with Crippen LogP contribution in [0.5, 0.6) is 0 Å². The van der Waals surface area contributed by atoms with Crippen molar-refractivity contribution in [2.45, 2.75) is 50.7 Å². The van der Waals surface area contributed by atoms with E-state index in [4.69, 9.17) is 10.5 Å². The van der Waals surface area contributed by atoms with E-state index in [0.29, 0.717) is 12.5 Å². The van der Waals surface area contributed by atoms with Crippen LogP contribution in [0.1, 0.15) is 39.5 Å². The number of piperidine rings is 1. The fourth-order valence-corrected chi connectivity index (χ4v) is 2.74. The normalized spacial score (nSPS) is 33.3. The summed E-state index contributed by atoms with van der Waals surface area (Å²) >= 11 is 0. The number of nitrogens with two attached hydrogens (primary N) is 1. The van der Waals surface area contributed by atoms with Gasteiger partial charge in [-0.05, 0) is 45.4 Å². The van der Waals surface area contributed by atoms with Crippen LogP contribution in [0.15, 0.2) is 0 Å². The first-order valence-electron chi connectivity index (χ1n) is 6.52. The van der Waals surface area contributed by atoms with Gasteiger partial charge in [0.05, 0.1) is 11.1 Å². The second kappa shape index (κ2) is 4.25. The van der Waals surface area contributed by atoms with Crippen LogP contribution in [0, 0.1) is 5.92 Å². The third kappa shape index (κ3) is 2.47.